The van der Waals surface area contributed by atoms with E-state index >= 15 is 0 Å². The van der Waals surface area contributed by atoms with Crippen molar-refractivity contribution in [1.29, 1.82) is 0 Å². The maximum Gasteiger partial charge on any atom is 0.294 e. The summed E-state index contributed by atoms with van der Waals surface area (Å²) in [6.07, 6.45) is 0. The van der Waals surface area contributed by atoms with Gasteiger partial charge in [0.05, 0.1) is 15.6 Å². The number of aryl methyl sites for hydroxylation is 1. The number of benzene rings is 1. The predicted octanol–water partition coefficient (Wildman–Crippen LogP) is 3.23. The van der Waals surface area contributed by atoms with Crippen LogP contribution in [0.25, 0.3) is 0 Å². The quantitative estimate of drug-likeness (QED) is 0.834. The van der Waals surface area contributed by atoms with Crippen LogP contribution in [0.3, 0.4) is 0 Å². The van der Waals surface area contributed by atoms with Gasteiger partial charge < -0.3 is 5.32 Å². The molecule has 0 fully saturated rings. The Morgan fingerprint density at radius 1 is 1.27 bits per heavy atom. The van der Waals surface area contributed by atoms with E-state index in [0.29, 0.717) is 5.92 Å². The molecule has 2 aromatic rings. The van der Waals surface area contributed by atoms with Gasteiger partial charge in [0, 0.05) is 17.8 Å². The highest BCUT2D eigenvalue weighted by Gasteiger charge is 2.06. The van der Waals surface area contributed by atoms with Crippen molar-refractivity contribution in [3.8, 4) is 0 Å². The number of thiazole rings is 1. The molecule has 1 aromatic heterocycles. The van der Waals surface area contributed by atoms with Crippen molar-refractivity contribution >= 4 is 21.5 Å². The van der Waals surface area contributed by atoms with E-state index in [1.165, 1.54) is 17.1 Å². The van der Waals surface area contributed by atoms with E-state index in [-0.39, 0.29) is 4.90 Å². The smallest absolute Gasteiger partial charge is 0.294 e. The molecule has 0 atom stereocenters. The monoisotopic (exact) mass is 342 g/mol. The molecule has 0 spiro atoms. The molecule has 0 aliphatic rings. The van der Waals surface area contributed by atoms with E-state index in [2.05, 4.69) is 29.5 Å². The Morgan fingerprint density at radius 3 is 2.27 bits per heavy atom. The van der Waals surface area contributed by atoms with Crippen molar-refractivity contribution in [3.05, 3.63) is 45.9 Å². The normalized spacial score (nSPS) is 11.2. The minimum absolute atomic E-state index is 0.0666. The molecule has 0 radical (unpaired) electrons. The number of rotatable bonds is 4. The van der Waals surface area contributed by atoms with Crippen LogP contribution in [-0.2, 0) is 16.7 Å². The molecule has 22 heavy (non-hydrogen) atoms. The molecule has 5 nitrogen and oxygen atoms in total. The SMILES string of the molecule is CNCc1csc(C(C)C)n1.Cc1ccc(S(=O)(=O)O)cc1. The highest BCUT2D eigenvalue weighted by molar-refractivity contribution is 7.85. The van der Waals surface area contributed by atoms with Gasteiger partial charge in [0.25, 0.3) is 10.1 Å². The van der Waals surface area contributed by atoms with Crippen molar-refractivity contribution in [1.82, 2.24) is 10.3 Å². The Kier molecular flexibility index (Phi) is 7.15. The summed E-state index contributed by atoms with van der Waals surface area (Å²) < 4.78 is 29.6. The summed E-state index contributed by atoms with van der Waals surface area (Å²) in [6, 6.07) is 5.99. The molecule has 0 amide bonds. The van der Waals surface area contributed by atoms with Crippen molar-refractivity contribution in [2.24, 2.45) is 0 Å². The van der Waals surface area contributed by atoms with Crippen LogP contribution < -0.4 is 5.32 Å². The van der Waals surface area contributed by atoms with E-state index in [1.54, 1.807) is 23.5 Å². The van der Waals surface area contributed by atoms with Gasteiger partial charge in [-0.15, -0.1) is 11.3 Å². The van der Waals surface area contributed by atoms with Crippen LogP contribution in [0.2, 0.25) is 0 Å². The van der Waals surface area contributed by atoms with Crippen LogP contribution >= 0.6 is 11.3 Å². The molecule has 7 heteroatoms. The third-order valence-electron chi connectivity index (χ3n) is 2.74. The van der Waals surface area contributed by atoms with Crippen LogP contribution in [-0.4, -0.2) is 25.0 Å². The maximum absolute atomic E-state index is 10.5. The lowest BCUT2D eigenvalue weighted by atomic mass is 10.2. The minimum Gasteiger partial charge on any atom is -0.314 e. The van der Waals surface area contributed by atoms with E-state index in [0.717, 1.165) is 17.8 Å². The summed E-state index contributed by atoms with van der Waals surface area (Å²) >= 11 is 1.75. The van der Waals surface area contributed by atoms with Gasteiger partial charge in [-0.3, -0.25) is 4.55 Å². The Labute approximate surface area is 136 Å². The topological polar surface area (TPSA) is 79.3 Å². The fourth-order valence-electron chi connectivity index (χ4n) is 1.56. The number of hydrogen-bond acceptors (Lipinski definition) is 5. The first-order valence-electron chi connectivity index (χ1n) is 6.87. The number of aromatic nitrogens is 1. The summed E-state index contributed by atoms with van der Waals surface area (Å²) in [5.74, 6) is 0.561. The summed E-state index contributed by atoms with van der Waals surface area (Å²) in [7, 11) is -2.08. The molecular formula is C15H22N2O3S2. The van der Waals surface area contributed by atoms with E-state index in [4.69, 9.17) is 4.55 Å². The van der Waals surface area contributed by atoms with Gasteiger partial charge in [0.15, 0.2) is 0 Å². The Bertz CT molecular complexity index is 677. The molecule has 2 N–H and O–H groups in total. The van der Waals surface area contributed by atoms with Gasteiger partial charge in [-0.1, -0.05) is 31.5 Å². The highest BCUT2D eigenvalue weighted by Crippen LogP contribution is 2.18. The second-order valence-corrected chi connectivity index (χ2v) is 7.46. The summed E-state index contributed by atoms with van der Waals surface area (Å²) in [5, 5.41) is 6.43. The largest absolute Gasteiger partial charge is 0.314 e. The Morgan fingerprint density at radius 2 is 1.86 bits per heavy atom. The van der Waals surface area contributed by atoms with Crippen LogP contribution in [0.1, 0.15) is 36.0 Å². The molecule has 1 heterocycles. The number of nitrogens with one attached hydrogen (secondary N) is 1. The lowest BCUT2D eigenvalue weighted by Gasteiger charge is -1.96. The first-order chi connectivity index (χ1) is 10.2. The van der Waals surface area contributed by atoms with Gasteiger partial charge in [-0.05, 0) is 26.1 Å². The zero-order valence-electron chi connectivity index (χ0n) is 13.2. The molecule has 0 aliphatic carbocycles. The van der Waals surface area contributed by atoms with Crippen LogP contribution in [0, 0.1) is 6.92 Å². The maximum atomic E-state index is 10.5. The zero-order chi connectivity index (χ0) is 16.8. The van der Waals surface area contributed by atoms with Crippen LogP contribution in [0.15, 0.2) is 34.5 Å². The summed E-state index contributed by atoms with van der Waals surface area (Å²) in [4.78, 5) is 4.39. The molecule has 0 saturated heterocycles. The van der Waals surface area contributed by atoms with Gasteiger partial charge in [-0.2, -0.15) is 8.42 Å². The van der Waals surface area contributed by atoms with E-state index < -0.39 is 10.1 Å². The number of nitrogens with zero attached hydrogens (tertiary/aromatic N) is 1. The molecule has 122 valence electrons. The van der Waals surface area contributed by atoms with E-state index in [9.17, 15) is 8.42 Å². The standard InChI is InChI=1S/C8H14N2S.C7H8O3S/c1-6(2)8-10-7(4-9-3)5-11-8;1-6-2-4-7(5-3-6)11(8,9)10/h5-6,9H,4H2,1-3H3;2-5H,1H3,(H,8,9,10). The fraction of sp³-hybridized carbons (Fsp3) is 0.400. The van der Waals surface area contributed by atoms with Gasteiger partial charge >= 0.3 is 0 Å². The summed E-state index contributed by atoms with van der Waals surface area (Å²) in [6.45, 7) is 7.06. The second-order valence-electron chi connectivity index (χ2n) is 5.15. The molecule has 0 unspecified atom stereocenters. The highest BCUT2D eigenvalue weighted by atomic mass is 32.2. The molecule has 0 saturated carbocycles. The molecular weight excluding hydrogens is 320 g/mol. The fourth-order valence-corrected chi connectivity index (χ4v) is 2.88. The van der Waals surface area contributed by atoms with Crippen molar-refractivity contribution in [2.75, 3.05) is 7.05 Å². The van der Waals surface area contributed by atoms with Gasteiger partial charge in [0.1, 0.15) is 0 Å². The Balaban J connectivity index is 0.000000220. The minimum atomic E-state index is -4.02. The second kappa shape index (κ2) is 8.38. The van der Waals surface area contributed by atoms with Crippen molar-refractivity contribution in [3.63, 3.8) is 0 Å². The van der Waals surface area contributed by atoms with Crippen molar-refractivity contribution in [2.45, 2.75) is 38.1 Å². The first kappa shape index (κ1) is 18.8. The third kappa shape index (κ3) is 6.23. The van der Waals surface area contributed by atoms with Crippen molar-refractivity contribution < 1.29 is 13.0 Å². The molecule has 0 bridgehead atoms. The predicted molar refractivity (Wildman–Crippen MR) is 90.0 cm³/mol. The van der Waals surface area contributed by atoms with E-state index in [1.807, 2.05) is 14.0 Å². The third-order valence-corrected chi connectivity index (χ3v) is 4.80. The average Bonchev–Trinajstić information content (AvgIpc) is 2.88. The van der Waals surface area contributed by atoms with Gasteiger partial charge in [-0.25, -0.2) is 4.98 Å². The number of hydrogen-bond donors (Lipinski definition) is 2. The lowest BCUT2D eigenvalue weighted by molar-refractivity contribution is 0.483. The van der Waals surface area contributed by atoms with Gasteiger partial charge in [0.2, 0.25) is 0 Å². The molecule has 2 rings (SSSR count). The zero-order valence-corrected chi connectivity index (χ0v) is 14.8. The van der Waals surface area contributed by atoms with Crippen LogP contribution in [0.4, 0.5) is 0 Å². The Hall–Kier alpha value is -1.28. The summed E-state index contributed by atoms with van der Waals surface area (Å²) in [5.41, 5.74) is 2.11. The average molecular weight is 342 g/mol. The van der Waals surface area contributed by atoms with Crippen LogP contribution in [0.5, 0.6) is 0 Å². The molecule has 1 aromatic carbocycles. The lowest BCUT2D eigenvalue weighted by Crippen LogP contribution is -2.05. The first-order valence-corrected chi connectivity index (χ1v) is 9.19. The molecule has 0 aliphatic heterocycles.